The van der Waals surface area contributed by atoms with Gasteiger partial charge in [0.1, 0.15) is 0 Å². The maximum absolute atomic E-state index is 2.56. The predicted octanol–water partition coefficient (Wildman–Crippen LogP) is 17.2. The molecule has 9 aromatic carbocycles. The molecule has 1 aromatic heterocycles. The van der Waals surface area contributed by atoms with Crippen LogP contribution in [-0.4, -0.2) is 4.57 Å². The lowest BCUT2D eigenvalue weighted by atomic mass is 9.81. The zero-order valence-corrected chi connectivity index (χ0v) is 37.8. The Bertz CT molecular complexity index is 3440. The van der Waals surface area contributed by atoms with Crippen molar-refractivity contribution in [2.24, 2.45) is 0 Å². The first-order chi connectivity index (χ1) is 32.3. The van der Waals surface area contributed by atoms with Crippen LogP contribution < -0.4 is 4.90 Å². The smallest absolute Gasteiger partial charge is 0.0619 e. The van der Waals surface area contributed by atoms with Crippen LogP contribution in [0.25, 0.3) is 73.4 Å². The average Bonchev–Trinajstić information content (AvgIpc) is 3.90. The van der Waals surface area contributed by atoms with E-state index in [0.29, 0.717) is 0 Å². The number of benzene rings is 9. The van der Waals surface area contributed by atoms with Crippen molar-refractivity contribution >= 4 is 40.1 Å². The minimum Gasteiger partial charge on any atom is -0.311 e. The number of rotatable bonds is 8. The molecule has 0 aliphatic heterocycles. The van der Waals surface area contributed by atoms with Crippen molar-refractivity contribution < 1.29 is 0 Å². The molecule has 0 bridgehead atoms. The summed E-state index contributed by atoms with van der Waals surface area (Å²) in [5.74, 6) is 0. The molecule has 0 unspecified atom stereocenters. The molecule has 0 atom stereocenters. The van der Waals surface area contributed by atoms with E-state index in [2.05, 4.69) is 268 Å². The summed E-state index contributed by atoms with van der Waals surface area (Å²) in [6.45, 7) is 9.56. The number of fused-ring (bicyclic) bond motifs is 7. The topological polar surface area (TPSA) is 8.17 Å². The number of aromatic nitrogens is 1. The number of nitrogens with zero attached hydrogens (tertiary/aromatic N) is 2. The number of hydrogen-bond acceptors (Lipinski definition) is 1. The number of anilines is 3. The molecule has 1 heterocycles. The summed E-state index contributed by atoms with van der Waals surface area (Å²) in [4.78, 5) is 2.30. The van der Waals surface area contributed by atoms with Gasteiger partial charge in [-0.2, -0.15) is 0 Å². The fraction of sp³-hybridized carbons (Fsp3) is 0.0938. The minimum absolute atomic E-state index is 0.119. The van der Waals surface area contributed by atoms with Crippen molar-refractivity contribution in [2.45, 2.75) is 38.5 Å². The molecule has 2 aliphatic rings. The summed E-state index contributed by atoms with van der Waals surface area (Å²) in [5, 5.41) is 1.26. The third-order valence-corrected chi connectivity index (χ3v) is 14.4. The SMILES string of the molecule is CC1(C)c2ccccc2-c2ccc(-n3c(-c4ccccc4)c(-c4ccccc4)c4cc5c(cc43)C(C)(C)c3cc(/C=C/c4ccc(N(c6ccccc6)c6ccccc6)cc4)ccc3-5)cc21. The summed E-state index contributed by atoms with van der Waals surface area (Å²) < 4.78 is 2.56. The van der Waals surface area contributed by atoms with Gasteiger partial charge in [-0.15, -0.1) is 0 Å². The lowest BCUT2D eigenvalue weighted by Gasteiger charge is -2.25. The van der Waals surface area contributed by atoms with Gasteiger partial charge in [-0.25, -0.2) is 0 Å². The van der Waals surface area contributed by atoms with E-state index >= 15 is 0 Å². The molecule has 66 heavy (non-hydrogen) atoms. The first kappa shape index (κ1) is 39.6. The van der Waals surface area contributed by atoms with Crippen molar-refractivity contribution in [3.63, 3.8) is 0 Å². The van der Waals surface area contributed by atoms with Gasteiger partial charge >= 0.3 is 0 Å². The highest BCUT2D eigenvalue weighted by Gasteiger charge is 2.38. The van der Waals surface area contributed by atoms with Gasteiger partial charge in [0.25, 0.3) is 0 Å². The molecule has 12 rings (SSSR count). The van der Waals surface area contributed by atoms with Crippen LogP contribution >= 0.6 is 0 Å². The molecule has 316 valence electrons. The highest BCUT2D eigenvalue weighted by Crippen LogP contribution is 2.54. The molecule has 0 saturated carbocycles. The van der Waals surface area contributed by atoms with Crippen LogP contribution in [0.2, 0.25) is 0 Å². The van der Waals surface area contributed by atoms with Gasteiger partial charge in [-0.05, 0) is 127 Å². The van der Waals surface area contributed by atoms with E-state index < -0.39 is 0 Å². The highest BCUT2D eigenvalue weighted by atomic mass is 15.1. The Morgan fingerprint density at radius 3 is 1.55 bits per heavy atom. The molecule has 0 saturated heterocycles. The van der Waals surface area contributed by atoms with E-state index in [1.807, 2.05) is 0 Å². The fourth-order valence-corrected chi connectivity index (χ4v) is 11.0. The Kier molecular flexibility index (Phi) is 9.22. The van der Waals surface area contributed by atoms with Crippen molar-refractivity contribution in [2.75, 3.05) is 4.90 Å². The normalized spacial score (nSPS) is 13.9. The fourth-order valence-electron chi connectivity index (χ4n) is 11.0. The van der Waals surface area contributed by atoms with E-state index in [4.69, 9.17) is 0 Å². The highest BCUT2D eigenvalue weighted by molar-refractivity contribution is 6.09. The van der Waals surface area contributed by atoms with Crippen LogP contribution in [0.1, 0.15) is 61.1 Å². The van der Waals surface area contributed by atoms with Crippen LogP contribution in [0.15, 0.2) is 218 Å². The summed E-state index contributed by atoms with van der Waals surface area (Å²) in [6.07, 6.45) is 4.50. The molecule has 2 nitrogen and oxygen atoms in total. The standard InChI is InChI=1S/C64H50N2/c1-63(2)56-28-18-17-27-51(56)52-38-36-50(40-58(52)63)66-60-42-59-54(41-55(60)61(45-19-9-5-10-20-45)62(66)46-21-11-6-12-22-46)53-37-33-44(39-57(53)64(59,3)4)30-29-43-31-34-49(35-32-43)65(47-23-13-7-14-24-47)48-25-15-8-16-26-48/h5-42H,1-4H3/b30-29+. The monoisotopic (exact) mass is 846 g/mol. The van der Waals surface area contributed by atoms with Gasteiger partial charge in [0.2, 0.25) is 0 Å². The Hall–Kier alpha value is -7.94. The first-order valence-corrected chi connectivity index (χ1v) is 23.2. The lowest BCUT2D eigenvalue weighted by Crippen LogP contribution is -2.16. The third kappa shape index (κ3) is 6.31. The molecule has 0 spiro atoms. The summed E-state index contributed by atoms with van der Waals surface area (Å²) in [7, 11) is 0. The zero-order chi connectivity index (χ0) is 44.6. The molecule has 0 radical (unpaired) electrons. The zero-order valence-electron chi connectivity index (χ0n) is 37.8. The molecule has 0 fully saturated rings. The quantitative estimate of drug-likeness (QED) is 0.138. The lowest BCUT2D eigenvalue weighted by molar-refractivity contribution is 0.659. The third-order valence-electron chi connectivity index (χ3n) is 14.4. The van der Waals surface area contributed by atoms with Crippen molar-refractivity contribution in [3.05, 3.63) is 252 Å². The maximum atomic E-state index is 2.56. The van der Waals surface area contributed by atoms with Crippen molar-refractivity contribution in [1.82, 2.24) is 4.57 Å². The van der Waals surface area contributed by atoms with E-state index in [9.17, 15) is 0 Å². The largest absolute Gasteiger partial charge is 0.311 e. The van der Waals surface area contributed by atoms with Gasteiger partial charge in [-0.3, -0.25) is 0 Å². The molecular formula is C64H50N2. The summed E-state index contributed by atoms with van der Waals surface area (Å²) in [5.41, 5.74) is 23.5. The molecule has 2 heteroatoms. The number of hydrogen-bond donors (Lipinski definition) is 0. The van der Waals surface area contributed by atoms with Gasteiger partial charge < -0.3 is 9.47 Å². The molecule has 0 amide bonds. The second-order valence-electron chi connectivity index (χ2n) is 19.0. The Balaban J connectivity index is 0.968. The summed E-state index contributed by atoms with van der Waals surface area (Å²) in [6, 6.07) is 80.2. The number of para-hydroxylation sites is 2. The van der Waals surface area contributed by atoms with E-state index in [1.165, 1.54) is 89.0 Å². The van der Waals surface area contributed by atoms with Gasteiger partial charge in [0, 0.05) is 44.5 Å². The summed E-state index contributed by atoms with van der Waals surface area (Å²) >= 11 is 0. The Morgan fingerprint density at radius 1 is 0.379 bits per heavy atom. The first-order valence-electron chi connectivity index (χ1n) is 23.2. The van der Waals surface area contributed by atoms with Crippen LogP contribution in [-0.2, 0) is 10.8 Å². The van der Waals surface area contributed by atoms with E-state index in [-0.39, 0.29) is 10.8 Å². The second kappa shape index (κ2) is 15.4. The predicted molar refractivity (Wildman–Crippen MR) is 279 cm³/mol. The molecular weight excluding hydrogens is 797 g/mol. The van der Waals surface area contributed by atoms with Gasteiger partial charge in [0.05, 0.1) is 11.2 Å². The second-order valence-corrected chi connectivity index (χ2v) is 19.0. The van der Waals surface area contributed by atoms with Gasteiger partial charge in [-0.1, -0.05) is 198 Å². The average molecular weight is 847 g/mol. The van der Waals surface area contributed by atoms with Gasteiger partial charge in [0.15, 0.2) is 0 Å². The van der Waals surface area contributed by atoms with Crippen LogP contribution in [0.5, 0.6) is 0 Å². The maximum Gasteiger partial charge on any atom is 0.0619 e. The Labute approximate surface area is 388 Å². The molecule has 10 aromatic rings. The van der Waals surface area contributed by atoms with Crippen LogP contribution in [0.3, 0.4) is 0 Å². The van der Waals surface area contributed by atoms with Crippen LogP contribution in [0.4, 0.5) is 17.1 Å². The van der Waals surface area contributed by atoms with E-state index in [0.717, 1.165) is 22.6 Å². The van der Waals surface area contributed by atoms with E-state index in [1.54, 1.807) is 0 Å². The van der Waals surface area contributed by atoms with Crippen molar-refractivity contribution in [3.8, 4) is 50.3 Å². The molecule has 2 aliphatic carbocycles. The van der Waals surface area contributed by atoms with Crippen LogP contribution in [0, 0.1) is 0 Å². The Morgan fingerprint density at radius 2 is 0.864 bits per heavy atom. The minimum atomic E-state index is -0.223. The molecule has 0 N–H and O–H groups in total. The van der Waals surface area contributed by atoms with Crippen molar-refractivity contribution in [1.29, 1.82) is 0 Å².